The summed E-state index contributed by atoms with van der Waals surface area (Å²) >= 11 is 0. The SMILES string of the molecule is CCC(CC)C1CC(C(CC)CC)C(C(C)C)C2(C1)C1CC(C(C)C)C3CCCCC3C1C1C3CC4CC5CCCCC5CC4C3CCC12. The predicted molar refractivity (Wildman–Crippen MR) is 210 cm³/mol. The van der Waals surface area contributed by atoms with Gasteiger partial charge < -0.3 is 0 Å². The minimum Gasteiger partial charge on any atom is -0.0651 e. The fraction of sp³-hybridized carbons (Fsp3) is 1.00. The Morgan fingerprint density at radius 3 is 1.73 bits per heavy atom. The van der Waals surface area contributed by atoms with Gasteiger partial charge in [-0.3, -0.25) is 0 Å². The Hall–Kier alpha value is 0. The molecule has 49 heavy (non-hydrogen) atoms. The van der Waals surface area contributed by atoms with E-state index >= 15 is 0 Å². The Labute approximate surface area is 306 Å². The molecule has 0 aromatic rings. The van der Waals surface area contributed by atoms with Crippen LogP contribution in [0.25, 0.3) is 0 Å². The first-order valence-corrected chi connectivity index (χ1v) is 23.8. The molecule has 17 atom stereocenters. The first-order chi connectivity index (χ1) is 23.8. The van der Waals surface area contributed by atoms with Gasteiger partial charge in [-0.1, -0.05) is 120 Å². The zero-order valence-electron chi connectivity index (χ0n) is 34.2. The second kappa shape index (κ2) is 14.3. The monoisotopic (exact) mass is 673 g/mol. The van der Waals surface area contributed by atoms with Crippen molar-refractivity contribution in [3.63, 3.8) is 0 Å². The summed E-state index contributed by atoms with van der Waals surface area (Å²) in [5.41, 5.74) is 0.630. The zero-order valence-corrected chi connectivity index (χ0v) is 34.2. The molecule has 0 N–H and O–H groups in total. The van der Waals surface area contributed by atoms with E-state index in [4.69, 9.17) is 0 Å². The first-order valence-electron chi connectivity index (χ1n) is 23.8. The maximum atomic E-state index is 2.76. The molecular formula is C49H84. The van der Waals surface area contributed by atoms with E-state index in [0.717, 1.165) is 118 Å². The fourth-order valence-corrected chi connectivity index (χ4v) is 19.0. The van der Waals surface area contributed by atoms with Crippen LogP contribution in [0.1, 0.15) is 184 Å². The van der Waals surface area contributed by atoms with Gasteiger partial charge in [0.25, 0.3) is 0 Å². The average Bonchev–Trinajstić information content (AvgIpc) is 3.60. The van der Waals surface area contributed by atoms with Gasteiger partial charge in [0.2, 0.25) is 0 Å². The minimum absolute atomic E-state index is 0.630. The third-order valence-corrected chi connectivity index (χ3v) is 20.2. The van der Waals surface area contributed by atoms with Crippen LogP contribution in [0.3, 0.4) is 0 Å². The molecule has 17 unspecified atom stereocenters. The molecule has 0 heteroatoms. The maximum Gasteiger partial charge on any atom is -0.0199 e. The topological polar surface area (TPSA) is 0 Å². The van der Waals surface area contributed by atoms with Crippen LogP contribution in [0.2, 0.25) is 0 Å². The summed E-state index contributed by atoms with van der Waals surface area (Å²) in [6.45, 7) is 21.2. The van der Waals surface area contributed by atoms with Crippen molar-refractivity contribution in [3.8, 4) is 0 Å². The van der Waals surface area contributed by atoms with Crippen LogP contribution in [0.15, 0.2) is 0 Å². The van der Waals surface area contributed by atoms with E-state index in [0.29, 0.717) is 5.41 Å². The van der Waals surface area contributed by atoms with Crippen molar-refractivity contribution in [2.75, 3.05) is 0 Å². The molecule has 0 aromatic heterocycles. The Morgan fingerprint density at radius 1 is 0.469 bits per heavy atom. The van der Waals surface area contributed by atoms with Crippen molar-refractivity contribution < 1.29 is 0 Å². The molecule has 8 saturated carbocycles. The van der Waals surface area contributed by atoms with Gasteiger partial charge in [0.05, 0.1) is 0 Å². The Morgan fingerprint density at radius 2 is 1.08 bits per heavy atom. The summed E-state index contributed by atoms with van der Waals surface area (Å²) in [7, 11) is 0. The molecule has 0 nitrogen and oxygen atoms in total. The molecule has 8 aliphatic carbocycles. The highest BCUT2D eigenvalue weighted by atomic mass is 14.8. The van der Waals surface area contributed by atoms with E-state index < -0.39 is 0 Å². The van der Waals surface area contributed by atoms with Crippen LogP contribution in [0.4, 0.5) is 0 Å². The van der Waals surface area contributed by atoms with E-state index in [1.54, 1.807) is 103 Å². The second-order valence-electron chi connectivity index (χ2n) is 21.9. The molecule has 1 spiro atoms. The Balaban J connectivity index is 1.26. The summed E-state index contributed by atoms with van der Waals surface area (Å²) < 4.78 is 0. The van der Waals surface area contributed by atoms with E-state index in [9.17, 15) is 0 Å². The predicted octanol–water partition coefficient (Wildman–Crippen LogP) is 14.4. The summed E-state index contributed by atoms with van der Waals surface area (Å²) in [4.78, 5) is 0. The van der Waals surface area contributed by atoms with Gasteiger partial charge in [-0.25, -0.2) is 0 Å². The molecule has 0 saturated heterocycles. The molecule has 0 radical (unpaired) electrons. The largest absolute Gasteiger partial charge is 0.0651 e. The first kappa shape index (κ1) is 36.0. The smallest absolute Gasteiger partial charge is 0.0199 e. The lowest BCUT2D eigenvalue weighted by molar-refractivity contribution is -0.138. The average molecular weight is 673 g/mol. The minimum atomic E-state index is 0.630. The van der Waals surface area contributed by atoms with Crippen LogP contribution in [0.5, 0.6) is 0 Å². The van der Waals surface area contributed by atoms with Crippen molar-refractivity contribution in [3.05, 3.63) is 0 Å². The summed E-state index contributed by atoms with van der Waals surface area (Å²) in [5, 5.41) is 0. The Kier molecular flexibility index (Phi) is 10.5. The standard InChI is InChI=1S/C49H84/c1-9-31(10-2)36-26-42(32(11-3)12-4)48(30(7)8)49(28-36)44-22-21-38-41-24-34-18-14-13-17-33(34)23-35(41)25-43(38)47(44)46-39-20-16-15-19-37(39)40(29(5)6)27-45(46)49/h29-48H,9-28H2,1-8H3. The normalized spacial score (nSPS) is 50.7. The summed E-state index contributed by atoms with van der Waals surface area (Å²) in [6.07, 6.45) is 31.5. The van der Waals surface area contributed by atoms with Gasteiger partial charge >= 0.3 is 0 Å². The molecular weight excluding hydrogens is 589 g/mol. The second-order valence-corrected chi connectivity index (χ2v) is 21.9. The number of hydrogen-bond donors (Lipinski definition) is 0. The van der Waals surface area contributed by atoms with E-state index in [1.165, 1.54) is 25.7 Å². The van der Waals surface area contributed by atoms with Gasteiger partial charge in [-0.05, 0) is 188 Å². The molecule has 0 aliphatic heterocycles. The van der Waals surface area contributed by atoms with Gasteiger partial charge in [0.15, 0.2) is 0 Å². The Bertz CT molecular complexity index is 1090. The van der Waals surface area contributed by atoms with Gasteiger partial charge in [-0.15, -0.1) is 0 Å². The van der Waals surface area contributed by atoms with Crippen molar-refractivity contribution >= 4 is 0 Å². The van der Waals surface area contributed by atoms with Crippen LogP contribution in [0, 0.1) is 124 Å². The molecule has 0 aromatic carbocycles. The van der Waals surface area contributed by atoms with Gasteiger partial charge in [0.1, 0.15) is 0 Å². The molecule has 280 valence electrons. The number of fused-ring (bicyclic) bond motifs is 12. The van der Waals surface area contributed by atoms with Crippen molar-refractivity contribution in [2.24, 2.45) is 124 Å². The van der Waals surface area contributed by atoms with Crippen molar-refractivity contribution in [2.45, 2.75) is 184 Å². The van der Waals surface area contributed by atoms with Crippen LogP contribution < -0.4 is 0 Å². The molecule has 0 bridgehead atoms. The van der Waals surface area contributed by atoms with Gasteiger partial charge in [0, 0.05) is 0 Å². The lowest BCUT2D eigenvalue weighted by Crippen LogP contribution is -2.56. The van der Waals surface area contributed by atoms with Gasteiger partial charge in [-0.2, -0.15) is 0 Å². The van der Waals surface area contributed by atoms with Crippen molar-refractivity contribution in [1.29, 1.82) is 0 Å². The lowest BCUT2D eigenvalue weighted by Gasteiger charge is -2.62. The highest BCUT2D eigenvalue weighted by molar-refractivity contribution is 5.20. The van der Waals surface area contributed by atoms with Crippen LogP contribution in [-0.4, -0.2) is 0 Å². The van der Waals surface area contributed by atoms with Crippen LogP contribution >= 0.6 is 0 Å². The van der Waals surface area contributed by atoms with E-state index in [2.05, 4.69) is 55.4 Å². The molecule has 0 amide bonds. The summed E-state index contributed by atoms with van der Waals surface area (Å²) in [5.74, 6) is 20.7. The van der Waals surface area contributed by atoms with Crippen molar-refractivity contribution in [1.82, 2.24) is 0 Å². The highest BCUT2D eigenvalue weighted by Crippen LogP contribution is 2.78. The van der Waals surface area contributed by atoms with E-state index in [-0.39, 0.29) is 0 Å². The molecule has 0 heterocycles. The highest BCUT2D eigenvalue weighted by Gasteiger charge is 2.72. The number of rotatable bonds is 8. The van der Waals surface area contributed by atoms with Crippen LogP contribution in [-0.2, 0) is 0 Å². The zero-order chi connectivity index (χ0) is 34.2. The van der Waals surface area contributed by atoms with E-state index in [1.807, 2.05) is 0 Å². The quantitative estimate of drug-likeness (QED) is 0.241. The maximum absolute atomic E-state index is 2.76. The third kappa shape index (κ3) is 5.66. The lowest BCUT2D eigenvalue weighted by atomic mass is 9.43. The summed E-state index contributed by atoms with van der Waals surface area (Å²) in [6, 6.07) is 0. The molecule has 8 aliphatic rings. The molecule has 8 rings (SSSR count). The molecule has 8 fully saturated rings. The number of hydrogen-bond acceptors (Lipinski definition) is 0. The fourth-order valence-electron chi connectivity index (χ4n) is 19.0. The third-order valence-electron chi connectivity index (χ3n) is 20.2.